The molecule has 0 N–H and O–H groups in total. The molecule has 0 heterocycles. The standard InChI is InChI=1S/C21H28O3/c1-4-7-12-18(22)17-11-10-15-21(16-17,19(23)13-8-5-2)20(24)14-9-6-3/h7-9,11-14H,4-6,10,15-16H2,1-3H3. The zero-order valence-electron chi connectivity index (χ0n) is 15.0. The highest BCUT2D eigenvalue weighted by Crippen LogP contribution is 2.39. The number of ketones is 3. The normalized spacial score (nSPS) is 21.5. The first-order valence-electron chi connectivity index (χ1n) is 8.83. The fraction of sp³-hybridized carbons (Fsp3) is 0.476. The summed E-state index contributed by atoms with van der Waals surface area (Å²) in [5, 5.41) is 0. The molecule has 0 aliphatic heterocycles. The van der Waals surface area contributed by atoms with Crippen LogP contribution in [0.3, 0.4) is 0 Å². The van der Waals surface area contributed by atoms with Crippen LogP contribution in [-0.4, -0.2) is 17.3 Å². The molecule has 0 aromatic heterocycles. The van der Waals surface area contributed by atoms with E-state index in [1.165, 1.54) is 12.2 Å². The Morgan fingerprint density at radius 3 is 1.92 bits per heavy atom. The largest absolute Gasteiger partial charge is 0.294 e. The quantitative estimate of drug-likeness (QED) is 0.456. The monoisotopic (exact) mass is 328 g/mol. The highest BCUT2D eigenvalue weighted by Gasteiger charge is 2.44. The molecule has 0 radical (unpaired) electrons. The lowest BCUT2D eigenvalue weighted by Crippen LogP contribution is -2.40. The van der Waals surface area contributed by atoms with Gasteiger partial charge in [0.15, 0.2) is 17.3 Å². The third-order valence-electron chi connectivity index (χ3n) is 4.23. The highest BCUT2D eigenvalue weighted by atomic mass is 16.2. The van der Waals surface area contributed by atoms with Crippen LogP contribution in [0.2, 0.25) is 0 Å². The summed E-state index contributed by atoms with van der Waals surface area (Å²) in [7, 11) is 0. The minimum Gasteiger partial charge on any atom is -0.294 e. The maximum Gasteiger partial charge on any atom is 0.181 e. The zero-order chi connectivity index (χ0) is 18.0. The van der Waals surface area contributed by atoms with E-state index in [-0.39, 0.29) is 23.8 Å². The number of hydrogen-bond acceptors (Lipinski definition) is 3. The minimum absolute atomic E-state index is 0.0968. The Hall–Kier alpha value is -2.03. The maximum atomic E-state index is 12.8. The molecule has 1 rings (SSSR count). The zero-order valence-corrected chi connectivity index (χ0v) is 15.0. The maximum absolute atomic E-state index is 12.8. The molecule has 0 aromatic carbocycles. The Balaban J connectivity index is 3.17. The average Bonchev–Trinajstić information content (AvgIpc) is 2.61. The summed E-state index contributed by atoms with van der Waals surface area (Å²) in [5.74, 6) is -0.471. The minimum atomic E-state index is -1.13. The van der Waals surface area contributed by atoms with Crippen LogP contribution in [-0.2, 0) is 14.4 Å². The van der Waals surface area contributed by atoms with Gasteiger partial charge < -0.3 is 0 Å². The van der Waals surface area contributed by atoms with Gasteiger partial charge in [-0.2, -0.15) is 0 Å². The van der Waals surface area contributed by atoms with Crippen molar-refractivity contribution in [3.8, 4) is 0 Å². The van der Waals surface area contributed by atoms with Crippen molar-refractivity contribution in [1.29, 1.82) is 0 Å². The third-order valence-corrected chi connectivity index (χ3v) is 4.23. The van der Waals surface area contributed by atoms with Gasteiger partial charge in [-0.3, -0.25) is 14.4 Å². The van der Waals surface area contributed by atoms with E-state index in [4.69, 9.17) is 0 Å². The van der Waals surface area contributed by atoms with E-state index in [9.17, 15) is 14.4 Å². The SMILES string of the molecule is CCC=CC(=O)C1=CCCC(C(=O)C=CCC)(C(=O)C=CCC)C1. The van der Waals surface area contributed by atoms with E-state index in [0.29, 0.717) is 18.4 Å². The second kappa shape index (κ2) is 9.96. The van der Waals surface area contributed by atoms with Gasteiger partial charge in [-0.05, 0) is 62.3 Å². The number of rotatable bonds is 9. The van der Waals surface area contributed by atoms with Crippen molar-refractivity contribution in [1.82, 2.24) is 0 Å². The molecule has 3 heteroatoms. The van der Waals surface area contributed by atoms with Crippen molar-refractivity contribution < 1.29 is 14.4 Å². The molecule has 0 amide bonds. The summed E-state index contributed by atoms with van der Waals surface area (Å²) in [6.07, 6.45) is 15.3. The van der Waals surface area contributed by atoms with Crippen LogP contribution in [0.25, 0.3) is 0 Å². The van der Waals surface area contributed by atoms with Crippen molar-refractivity contribution in [3.63, 3.8) is 0 Å². The molecule has 0 atom stereocenters. The van der Waals surface area contributed by atoms with Gasteiger partial charge in [0.1, 0.15) is 0 Å². The van der Waals surface area contributed by atoms with Gasteiger partial charge in [0, 0.05) is 0 Å². The molecular formula is C21H28O3. The van der Waals surface area contributed by atoms with Crippen molar-refractivity contribution in [2.75, 3.05) is 0 Å². The molecule has 0 bridgehead atoms. The summed E-state index contributed by atoms with van der Waals surface area (Å²) in [4.78, 5) is 37.8. The first-order chi connectivity index (χ1) is 11.5. The Bertz CT molecular complexity index is 562. The predicted octanol–water partition coefficient (Wildman–Crippen LogP) is 4.69. The van der Waals surface area contributed by atoms with E-state index in [0.717, 1.165) is 19.3 Å². The fourth-order valence-electron chi connectivity index (χ4n) is 2.81. The van der Waals surface area contributed by atoms with Crippen molar-refractivity contribution in [3.05, 3.63) is 48.1 Å². The highest BCUT2D eigenvalue weighted by molar-refractivity contribution is 6.17. The van der Waals surface area contributed by atoms with Crippen LogP contribution < -0.4 is 0 Å². The summed E-state index contributed by atoms with van der Waals surface area (Å²) in [5.41, 5.74) is -0.556. The number of carbonyl (C=O) groups is 3. The van der Waals surface area contributed by atoms with Crippen LogP contribution in [0.5, 0.6) is 0 Å². The van der Waals surface area contributed by atoms with Crippen molar-refractivity contribution >= 4 is 17.3 Å². The molecule has 0 saturated heterocycles. The van der Waals surface area contributed by atoms with Crippen molar-refractivity contribution in [2.24, 2.45) is 5.41 Å². The molecule has 0 saturated carbocycles. The second-order valence-electron chi connectivity index (χ2n) is 6.05. The first-order valence-corrected chi connectivity index (χ1v) is 8.83. The summed E-state index contributed by atoms with van der Waals surface area (Å²) >= 11 is 0. The van der Waals surface area contributed by atoms with E-state index in [1.54, 1.807) is 24.3 Å². The van der Waals surface area contributed by atoms with E-state index in [2.05, 4.69) is 0 Å². The van der Waals surface area contributed by atoms with Gasteiger partial charge in [-0.15, -0.1) is 0 Å². The van der Waals surface area contributed by atoms with E-state index < -0.39 is 5.41 Å². The fourth-order valence-corrected chi connectivity index (χ4v) is 2.81. The van der Waals surface area contributed by atoms with Crippen LogP contribution >= 0.6 is 0 Å². The summed E-state index contributed by atoms with van der Waals surface area (Å²) in [6.45, 7) is 5.85. The molecular weight excluding hydrogens is 300 g/mol. The van der Waals surface area contributed by atoms with Gasteiger partial charge in [0.25, 0.3) is 0 Å². The topological polar surface area (TPSA) is 51.2 Å². The number of hydrogen-bond donors (Lipinski definition) is 0. The summed E-state index contributed by atoms with van der Waals surface area (Å²) in [6, 6.07) is 0. The van der Waals surface area contributed by atoms with Crippen LogP contribution in [0.15, 0.2) is 48.1 Å². The van der Waals surface area contributed by atoms with Gasteiger partial charge in [0.2, 0.25) is 0 Å². The lowest BCUT2D eigenvalue weighted by molar-refractivity contribution is -0.136. The van der Waals surface area contributed by atoms with Gasteiger partial charge in [-0.1, -0.05) is 45.1 Å². The van der Waals surface area contributed by atoms with E-state index >= 15 is 0 Å². The van der Waals surface area contributed by atoms with Crippen molar-refractivity contribution in [2.45, 2.75) is 59.3 Å². The van der Waals surface area contributed by atoms with Crippen LogP contribution in [0, 0.1) is 5.41 Å². The van der Waals surface area contributed by atoms with Gasteiger partial charge >= 0.3 is 0 Å². The number of allylic oxidation sites excluding steroid dienone is 8. The smallest absolute Gasteiger partial charge is 0.181 e. The molecule has 1 aliphatic carbocycles. The first kappa shape index (κ1) is 20.0. The van der Waals surface area contributed by atoms with Crippen LogP contribution in [0.4, 0.5) is 0 Å². The molecule has 0 spiro atoms. The molecule has 130 valence electrons. The Morgan fingerprint density at radius 1 is 0.917 bits per heavy atom. The van der Waals surface area contributed by atoms with E-state index in [1.807, 2.05) is 26.8 Å². The third kappa shape index (κ3) is 4.98. The molecule has 24 heavy (non-hydrogen) atoms. The Labute approximate surface area is 145 Å². The molecule has 3 nitrogen and oxygen atoms in total. The average molecular weight is 328 g/mol. The molecule has 1 aliphatic rings. The molecule has 0 aromatic rings. The molecule has 0 fully saturated rings. The molecule has 0 unspecified atom stereocenters. The lowest BCUT2D eigenvalue weighted by Gasteiger charge is -2.32. The number of carbonyl (C=O) groups excluding carboxylic acids is 3. The second-order valence-corrected chi connectivity index (χ2v) is 6.05. The summed E-state index contributed by atoms with van der Waals surface area (Å²) < 4.78 is 0. The van der Waals surface area contributed by atoms with Gasteiger partial charge in [0.05, 0.1) is 5.41 Å². The Kier molecular flexibility index (Phi) is 8.31. The van der Waals surface area contributed by atoms with Crippen LogP contribution in [0.1, 0.15) is 59.3 Å². The lowest BCUT2D eigenvalue weighted by atomic mass is 9.67. The van der Waals surface area contributed by atoms with Gasteiger partial charge in [-0.25, -0.2) is 0 Å². The Morgan fingerprint density at radius 2 is 1.42 bits per heavy atom. The predicted molar refractivity (Wildman–Crippen MR) is 97.7 cm³/mol.